The van der Waals surface area contributed by atoms with Crippen LogP contribution in [0.1, 0.15) is 62.5 Å². The van der Waals surface area contributed by atoms with E-state index in [1.54, 1.807) is 6.07 Å². The first-order chi connectivity index (χ1) is 11.9. The van der Waals surface area contributed by atoms with Crippen molar-refractivity contribution in [3.05, 3.63) is 29.3 Å². The molecule has 0 saturated heterocycles. The third-order valence-corrected chi connectivity index (χ3v) is 7.53. The normalized spacial score (nSPS) is 39.4. The van der Waals surface area contributed by atoms with E-state index in [9.17, 15) is 15.0 Å². The summed E-state index contributed by atoms with van der Waals surface area (Å²) in [6.45, 7) is 2.23. The highest BCUT2D eigenvalue weighted by Crippen LogP contribution is 2.63. The van der Waals surface area contributed by atoms with Gasteiger partial charge in [0.15, 0.2) is 0 Å². The summed E-state index contributed by atoms with van der Waals surface area (Å²) in [7, 11) is 0. The van der Waals surface area contributed by atoms with Gasteiger partial charge in [-0.1, -0.05) is 13.0 Å². The second kappa shape index (κ2) is 6.01. The highest BCUT2D eigenvalue weighted by Gasteiger charge is 2.58. The van der Waals surface area contributed by atoms with Gasteiger partial charge < -0.3 is 15.3 Å². The van der Waals surface area contributed by atoms with Crippen LogP contribution in [0, 0.1) is 23.2 Å². The highest BCUT2D eigenvalue weighted by atomic mass is 16.4. The molecule has 0 bridgehead atoms. The molecule has 25 heavy (non-hydrogen) atoms. The number of rotatable bonds is 3. The smallest absolute Gasteiger partial charge is 0.303 e. The Kier molecular flexibility index (Phi) is 4.06. The molecule has 2 saturated carbocycles. The molecule has 0 radical (unpaired) electrons. The number of hydrogen-bond acceptors (Lipinski definition) is 3. The monoisotopic (exact) mass is 344 g/mol. The van der Waals surface area contributed by atoms with E-state index in [0.29, 0.717) is 35.8 Å². The van der Waals surface area contributed by atoms with Gasteiger partial charge in [-0.25, -0.2) is 0 Å². The van der Waals surface area contributed by atoms with Gasteiger partial charge in [0.2, 0.25) is 0 Å². The van der Waals surface area contributed by atoms with Gasteiger partial charge in [-0.05, 0) is 90.9 Å². The molecule has 3 N–H and O–H groups in total. The number of carboxylic acid groups (broad SMARTS) is 1. The van der Waals surface area contributed by atoms with Gasteiger partial charge in [0.05, 0.1) is 6.10 Å². The fraction of sp³-hybridized carbons (Fsp3) is 0.667. The Hall–Kier alpha value is -1.55. The maximum atomic E-state index is 11.1. The van der Waals surface area contributed by atoms with Crippen LogP contribution in [0.15, 0.2) is 18.2 Å². The molecule has 0 heterocycles. The molecule has 2 fully saturated rings. The molecule has 3 aliphatic carbocycles. The number of aliphatic carboxylic acids is 1. The Labute approximate surface area is 148 Å². The van der Waals surface area contributed by atoms with Gasteiger partial charge in [0.25, 0.3) is 0 Å². The van der Waals surface area contributed by atoms with Crippen LogP contribution in [-0.4, -0.2) is 27.4 Å². The molecular weight excluding hydrogens is 316 g/mol. The van der Waals surface area contributed by atoms with E-state index in [2.05, 4.69) is 13.0 Å². The zero-order chi connectivity index (χ0) is 17.8. The first-order valence-electron chi connectivity index (χ1n) is 9.62. The Balaban J connectivity index is 1.66. The summed E-state index contributed by atoms with van der Waals surface area (Å²) in [6.07, 6.45) is 5.46. The van der Waals surface area contributed by atoms with Gasteiger partial charge in [0.1, 0.15) is 5.75 Å². The molecule has 3 aliphatic rings. The van der Waals surface area contributed by atoms with Crippen molar-refractivity contribution in [2.45, 2.75) is 63.9 Å². The number of phenolic OH excluding ortho intramolecular Hbond substituents is 1. The number of benzene rings is 1. The molecule has 4 rings (SSSR count). The van der Waals surface area contributed by atoms with E-state index in [4.69, 9.17) is 5.11 Å². The summed E-state index contributed by atoms with van der Waals surface area (Å²) in [5, 5.41) is 29.6. The van der Waals surface area contributed by atoms with Crippen molar-refractivity contribution in [1.29, 1.82) is 0 Å². The molecule has 1 aromatic rings. The molecule has 6 atom stereocenters. The van der Waals surface area contributed by atoms with Crippen LogP contribution in [0.2, 0.25) is 0 Å². The lowest BCUT2D eigenvalue weighted by Crippen LogP contribution is -2.45. The summed E-state index contributed by atoms with van der Waals surface area (Å²) in [5.74, 6) is 1.32. The molecule has 0 amide bonds. The summed E-state index contributed by atoms with van der Waals surface area (Å²) in [4.78, 5) is 11.1. The van der Waals surface area contributed by atoms with Crippen LogP contribution in [0.3, 0.4) is 0 Å². The van der Waals surface area contributed by atoms with E-state index >= 15 is 0 Å². The van der Waals surface area contributed by atoms with Crippen molar-refractivity contribution in [3.63, 3.8) is 0 Å². The number of aromatic hydroxyl groups is 1. The second-order valence-electron chi connectivity index (χ2n) is 8.71. The zero-order valence-electron chi connectivity index (χ0n) is 14.8. The molecular formula is C21H28O4. The van der Waals surface area contributed by atoms with E-state index < -0.39 is 5.97 Å². The fourth-order valence-electron chi connectivity index (χ4n) is 6.43. The van der Waals surface area contributed by atoms with Gasteiger partial charge in [-0.15, -0.1) is 0 Å². The first-order valence-corrected chi connectivity index (χ1v) is 9.62. The quantitative estimate of drug-likeness (QED) is 0.781. The van der Waals surface area contributed by atoms with Crippen molar-refractivity contribution >= 4 is 5.97 Å². The fourth-order valence-corrected chi connectivity index (χ4v) is 6.43. The number of hydrogen-bond donors (Lipinski definition) is 3. The van der Waals surface area contributed by atoms with Crippen molar-refractivity contribution in [3.8, 4) is 5.75 Å². The lowest BCUT2D eigenvalue weighted by Gasteiger charge is -2.51. The second-order valence-corrected chi connectivity index (χ2v) is 8.71. The predicted molar refractivity (Wildman–Crippen MR) is 94.5 cm³/mol. The molecule has 0 aliphatic heterocycles. The lowest BCUT2D eigenvalue weighted by atomic mass is 9.54. The van der Waals surface area contributed by atoms with Crippen molar-refractivity contribution in [2.75, 3.05) is 0 Å². The van der Waals surface area contributed by atoms with Crippen LogP contribution in [0.25, 0.3) is 0 Å². The number of aliphatic hydroxyl groups excluding tert-OH is 1. The van der Waals surface area contributed by atoms with E-state index in [0.717, 1.165) is 32.1 Å². The summed E-state index contributed by atoms with van der Waals surface area (Å²) in [5.41, 5.74) is 2.57. The molecule has 0 spiro atoms. The van der Waals surface area contributed by atoms with Gasteiger partial charge >= 0.3 is 5.97 Å². The van der Waals surface area contributed by atoms with Crippen LogP contribution in [0.4, 0.5) is 0 Å². The van der Waals surface area contributed by atoms with Crippen LogP contribution in [0.5, 0.6) is 5.75 Å². The minimum absolute atomic E-state index is 0.0707. The van der Waals surface area contributed by atoms with E-state index in [1.165, 1.54) is 11.1 Å². The average Bonchev–Trinajstić information content (AvgIpc) is 2.83. The third kappa shape index (κ3) is 2.66. The number of aliphatic hydroxyl groups is 1. The zero-order valence-corrected chi connectivity index (χ0v) is 14.8. The number of phenols is 1. The Morgan fingerprint density at radius 2 is 2.12 bits per heavy atom. The SMILES string of the molecule is C[C@]12CC[C@@H]3c4ccc(O)cc4CC[C@H]3[C@@H]1[C@@H](CCC(=O)O)C[C@@H]2O. The maximum Gasteiger partial charge on any atom is 0.303 e. The van der Waals surface area contributed by atoms with Crippen LogP contribution >= 0.6 is 0 Å². The van der Waals surface area contributed by atoms with E-state index in [1.807, 2.05) is 6.07 Å². The topological polar surface area (TPSA) is 77.8 Å². The molecule has 136 valence electrons. The average molecular weight is 344 g/mol. The summed E-state index contributed by atoms with van der Waals surface area (Å²) >= 11 is 0. The Morgan fingerprint density at radius 3 is 2.88 bits per heavy atom. The number of carbonyl (C=O) groups is 1. The van der Waals surface area contributed by atoms with Crippen molar-refractivity contribution in [2.24, 2.45) is 23.2 Å². The van der Waals surface area contributed by atoms with Gasteiger partial charge in [0, 0.05) is 6.42 Å². The predicted octanol–water partition coefficient (Wildman–Crippen LogP) is 3.70. The minimum atomic E-state index is -0.736. The number of carboxylic acids is 1. The largest absolute Gasteiger partial charge is 0.508 e. The molecule has 1 aromatic carbocycles. The van der Waals surface area contributed by atoms with Crippen molar-refractivity contribution < 1.29 is 20.1 Å². The van der Waals surface area contributed by atoms with Crippen molar-refractivity contribution in [1.82, 2.24) is 0 Å². The molecule has 0 aromatic heterocycles. The van der Waals surface area contributed by atoms with Crippen LogP contribution < -0.4 is 0 Å². The molecule has 0 unspecified atom stereocenters. The summed E-state index contributed by atoms with van der Waals surface area (Å²) in [6, 6.07) is 5.78. The number of fused-ring (bicyclic) bond motifs is 5. The Morgan fingerprint density at radius 1 is 1.32 bits per heavy atom. The van der Waals surface area contributed by atoms with E-state index in [-0.39, 0.29) is 17.9 Å². The molecule has 4 nitrogen and oxygen atoms in total. The highest BCUT2D eigenvalue weighted by molar-refractivity contribution is 5.66. The lowest BCUT2D eigenvalue weighted by molar-refractivity contribution is -0.137. The standard InChI is InChI=1S/C21H28O4/c1-21-9-8-16-15-6-4-14(22)10-12(15)2-5-17(16)20(21)13(11-18(21)23)3-7-19(24)25/h4,6,10,13,16-18,20,22-23H,2-3,5,7-9,11H2,1H3,(H,24,25)/t13-,16+,17+,18-,20-,21+/m0/s1. The number of aryl methyl sites for hydroxylation is 1. The molecule has 4 heteroatoms. The maximum absolute atomic E-state index is 11.1. The Bertz CT molecular complexity index is 684. The van der Waals surface area contributed by atoms with Gasteiger partial charge in [-0.2, -0.15) is 0 Å². The minimum Gasteiger partial charge on any atom is -0.508 e. The first kappa shape index (κ1) is 16.9. The van der Waals surface area contributed by atoms with Crippen LogP contribution in [-0.2, 0) is 11.2 Å². The third-order valence-electron chi connectivity index (χ3n) is 7.53. The van der Waals surface area contributed by atoms with Gasteiger partial charge in [-0.3, -0.25) is 4.79 Å². The summed E-state index contributed by atoms with van der Waals surface area (Å²) < 4.78 is 0.